The maximum absolute atomic E-state index is 13.0. The van der Waals surface area contributed by atoms with Gasteiger partial charge in [0.25, 0.3) is 5.91 Å². The number of carbonyl (C=O) groups excluding carboxylic acids is 2. The lowest BCUT2D eigenvalue weighted by Crippen LogP contribution is -2.35. The van der Waals surface area contributed by atoms with E-state index in [0.717, 1.165) is 29.8 Å². The number of amides is 1. The molecule has 0 radical (unpaired) electrons. The zero-order valence-corrected chi connectivity index (χ0v) is 23.9. The van der Waals surface area contributed by atoms with E-state index in [2.05, 4.69) is 24.1 Å². The van der Waals surface area contributed by atoms with Crippen LogP contribution in [-0.4, -0.2) is 75.5 Å². The molecule has 2 aliphatic rings. The fraction of sp³-hybridized carbons (Fsp3) is 0.520. The van der Waals surface area contributed by atoms with Crippen molar-refractivity contribution in [1.29, 1.82) is 0 Å². The van der Waals surface area contributed by atoms with Gasteiger partial charge >= 0.3 is 5.97 Å². The topological polar surface area (TPSA) is 105 Å². The highest BCUT2D eigenvalue weighted by molar-refractivity contribution is 7.89. The number of benzene rings is 1. The van der Waals surface area contributed by atoms with Gasteiger partial charge in [0.1, 0.15) is 5.00 Å². The number of hydrogen-bond donors (Lipinski definition) is 1. The SMILES string of the molecule is COC(=O)c1c(NC(=O)c2ccc(S(=O)(=O)N(C)CC3CCCO3)cc2)sc2c1CCN(C(C)C)C2.Cl. The first-order chi connectivity index (χ1) is 17.1. The van der Waals surface area contributed by atoms with Crippen LogP contribution in [0.25, 0.3) is 0 Å². The Kier molecular flexibility index (Phi) is 9.76. The molecule has 12 heteroatoms. The summed E-state index contributed by atoms with van der Waals surface area (Å²) >= 11 is 1.39. The lowest BCUT2D eigenvalue weighted by atomic mass is 10.0. The number of rotatable bonds is 8. The number of anilines is 1. The molecule has 1 amide bonds. The number of esters is 1. The second kappa shape index (κ2) is 12.2. The molecule has 0 bridgehead atoms. The fourth-order valence-electron chi connectivity index (χ4n) is 4.58. The third kappa shape index (κ3) is 6.35. The van der Waals surface area contributed by atoms with Crippen LogP contribution in [0.3, 0.4) is 0 Å². The molecule has 9 nitrogen and oxygen atoms in total. The number of methoxy groups -OCH3 is 1. The molecule has 1 aromatic carbocycles. The van der Waals surface area contributed by atoms with Crippen LogP contribution in [-0.2, 0) is 32.5 Å². The van der Waals surface area contributed by atoms with Crippen LogP contribution < -0.4 is 5.32 Å². The molecule has 0 spiro atoms. The summed E-state index contributed by atoms with van der Waals surface area (Å²) in [6.45, 7) is 6.75. The third-order valence-electron chi connectivity index (χ3n) is 6.74. The Hall–Kier alpha value is -2.02. The number of sulfonamides is 1. The first kappa shape index (κ1) is 29.5. The Morgan fingerprint density at radius 1 is 1.27 bits per heavy atom. The molecule has 0 saturated carbocycles. The normalized spacial score (nSPS) is 17.9. The van der Waals surface area contributed by atoms with E-state index in [-0.39, 0.29) is 30.0 Å². The molecule has 1 N–H and O–H groups in total. The molecule has 3 heterocycles. The van der Waals surface area contributed by atoms with Crippen molar-refractivity contribution in [2.75, 3.05) is 39.2 Å². The molecule has 1 saturated heterocycles. The quantitative estimate of drug-likeness (QED) is 0.481. The first-order valence-electron chi connectivity index (χ1n) is 12.1. The average Bonchev–Trinajstić information content (AvgIpc) is 3.50. The number of carbonyl (C=O) groups is 2. The molecule has 1 atom stereocenters. The third-order valence-corrected chi connectivity index (χ3v) is 9.71. The van der Waals surface area contributed by atoms with Gasteiger partial charge in [-0.25, -0.2) is 13.2 Å². The summed E-state index contributed by atoms with van der Waals surface area (Å²) in [6, 6.07) is 6.19. The summed E-state index contributed by atoms with van der Waals surface area (Å²) in [4.78, 5) is 29.1. The van der Waals surface area contributed by atoms with Crippen LogP contribution in [0, 0.1) is 0 Å². The highest BCUT2D eigenvalue weighted by Gasteiger charge is 2.30. The van der Waals surface area contributed by atoms with Gasteiger partial charge in [-0.05, 0) is 62.9 Å². The predicted molar refractivity (Wildman–Crippen MR) is 145 cm³/mol. The van der Waals surface area contributed by atoms with Gasteiger partial charge in [-0.15, -0.1) is 23.7 Å². The highest BCUT2D eigenvalue weighted by Crippen LogP contribution is 2.38. The van der Waals surface area contributed by atoms with Gasteiger partial charge in [0.05, 0.1) is 23.7 Å². The van der Waals surface area contributed by atoms with Crippen LogP contribution in [0.4, 0.5) is 5.00 Å². The summed E-state index contributed by atoms with van der Waals surface area (Å²) in [7, 11) is -0.843. The minimum absolute atomic E-state index is 0. The summed E-state index contributed by atoms with van der Waals surface area (Å²) < 4.78 is 37.7. The van der Waals surface area contributed by atoms with Crippen molar-refractivity contribution in [2.24, 2.45) is 0 Å². The van der Waals surface area contributed by atoms with Crippen molar-refractivity contribution in [3.05, 3.63) is 45.8 Å². The zero-order valence-electron chi connectivity index (χ0n) is 21.5. The van der Waals surface area contributed by atoms with Gasteiger partial charge in [-0.1, -0.05) is 0 Å². The molecule has 1 unspecified atom stereocenters. The van der Waals surface area contributed by atoms with Gasteiger partial charge in [-0.3, -0.25) is 9.69 Å². The maximum Gasteiger partial charge on any atom is 0.341 e. The van der Waals surface area contributed by atoms with Gasteiger partial charge in [-0.2, -0.15) is 4.31 Å². The molecule has 2 aliphatic heterocycles. The van der Waals surface area contributed by atoms with E-state index in [9.17, 15) is 18.0 Å². The predicted octanol–water partition coefficient (Wildman–Crippen LogP) is 3.77. The van der Waals surface area contributed by atoms with E-state index in [1.807, 2.05) is 0 Å². The van der Waals surface area contributed by atoms with Gasteiger partial charge in [0, 0.05) is 49.8 Å². The minimum atomic E-state index is -3.71. The van der Waals surface area contributed by atoms with Crippen molar-refractivity contribution in [2.45, 2.75) is 56.7 Å². The smallest absolute Gasteiger partial charge is 0.341 e. The summed E-state index contributed by atoms with van der Waals surface area (Å²) in [5.41, 5.74) is 1.63. The van der Waals surface area contributed by atoms with Crippen LogP contribution in [0.15, 0.2) is 29.2 Å². The fourth-order valence-corrected chi connectivity index (χ4v) is 7.04. The molecule has 0 aliphatic carbocycles. The van der Waals surface area contributed by atoms with E-state index in [4.69, 9.17) is 9.47 Å². The molecule has 1 fully saturated rings. The lowest BCUT2D eigenvalue weighted by Gasteiger charge is -2.30. The second-order valence-corrected chi connectivity index (χ2v) is 12.6. The van der Waals surface area contributed by atoms with Gasteiger partial charge in [0.15, 0.2) is 0 Å². The average molecular weight is 572 g/mol. The van der Waals surface area contributed by atoms with Crippen LogP contribution in [0.2, 0.25) is 0 Å². The Morgan fingerprint density at radius 2 is 1.97 bits per heavy atom. The molecular formula is C25H34ClN3O6S2. The monoisotopic (exact) mass is 571 g/mol. The lowest BCUT2D eigenvalue weighted by molar-refractivity contribution is 0.0600. The maximum atomic E-state index is 13.0. The Morgan fingerprint density at radius 3 is 2.57 bits per heavy atom. The van der Waals surface area contributed by atoms with E-state index in [0.29, 0.717) is 41.7 Å². The number of nitrogens with zero attached hydrogens (tertiary/aromatic N) is 2. The number of halogens is 1. The summed E-state index contributed by atoms with van der Waals surface area (Å²) in [6.07, 6.45) is 2.39. The molecular weight excluding hydrogens is 538 g/mol. The first-order valence-corrected chi connectivity index (χ1v) is 14.3. The van der Waals surface area contributed by atoms with Crippen LogP contribution in [0.5, 0.6) is 0 Å². The number of likely N-dealkylation sites (N-methyl/N-ethyl adjacent to an activating group) is 1. The Labute approximate surface area is 228 Å². The highest BCUT2D eigenvalue weighted by atomic mass is 35.5. The second-order valence-electron chi connectivity index (χ2n) is 9.41. The minimum Gasteiger partial charge on any atom is -0.465 e. The van der Waals surface area contributed by atoms with Crippen molar-refractivity contribution in [3.8, 4) is 0 Å². The number of hydrogen-bond acceptors (Lipinski definition) is 8. The van der Waals surface area contributed by atoms with E-state index >= 15 is 0 Å². The molecule has 2 aromatic rings. The summed E-state index contributed by atoms with van der Waals surface area (Å²) in [5.74, 6) is -0.896. The summed E-state index contributed by atoms with van der Waals surface area (Å²) in [5, 5.41) is 3.31. The molecule has 37 heavy (non-hydrogen) atoms. The number of thiophene rings is 1. The number of nitrogens with one attached hydrogen (secondary N) is 1. The molecule has 1 aromatic heterocycles. The standard InChI is InChI=1S/C25H33N3O6S2.ClH/c1-16(2)28-12-11-20-21(15-28)35-24(22(20)25(30)33-4)26-23(29)17-7-9-19(10-8-17)36(31,32)27(3)14-18-6-5-13-34-18;/h7-10,16,18H,5-6,11-15H2,1-4H3,(H,26,29);1H. The Bertz CT molecular complexity index is 1220. The van der Waals surface area contributed by atoms with E-state index < -0.39 is 21.9 Å². The van der Waals surface area contributed by atoms with E-state index in [1.165, 1.54) is 54.1 Å². The van der Waals surface area contributed by atoms with Crippen molar-refractivity contribution in [1.82, 2.24) is 9.21 Å². The van der Waals surface area contributed by atoms with Gasteiger partial charge < -0.3 is 14.8 Å². The molecule has 204 valence electrons. The largest absolute Gasteiger partial charge is 0.465 e. The van der Waals surface area contributed by atoms with Crippen LogP contribution >= 0.6 is 23.7 Å². The van der Waals surface area contributed by atoms with Crippen molar-refractivity contribution >= 4 is 50.6 Å². The number of ether oxygens (including phenoxy) is 2. The van der Waals surface area contributed by atoms with Crippen molar-refractivity contribution in [3.63, 3.8) is 0 Å². The Balaban J connectivity index is 0.00000380. The van der Waals surface area contributed by atoms with Gasteiger partial charge in [0.2, 0.25) is 10.0 Å². The molecule has 4 rings (SSSR count). The van der Waals surface area contributed by atoms with Crippen molar-refractivity contribution < 1.29 is 27.5 Å². The van der Waals surface area contributed by atoms with Crippen LogP contribution in [0.1, 0.15) is 57.8 Å². The van der Waals surface area contributed by atoms with E-state index in [1.54, 1.807) is 0 Å². The zero-order chi connectivity index (χ0) is 26.0. The number of fused-ring (bicyclic) bond motifs is 1.